The smallest absolute Gasteiger partial charge is 0.165 e. The second-order valence-corrected chi connectivity index (χ2v) is 5.70. The van der Waals surface area contributed by atoms with Gasteiger partial charge in [0.15, 0.2) is 5.82 Å². The third-order valence-electron chi connectivity index (χ3n) is 1.86. The van der Waals surface area contributed by atoms with Crippen LogP contribution in [0.2, 0.25) is 0 Å². The van der Waals surface area contributed by atoms with E-state index in [9.17, 15) is 8.42 Å². The number of hydrogen-bond acceptors (Lipinski definition) is 6. The van der Waals surface area contributed by atoms with Crippen molar-refractivity contribution in [1.29, 1.82) is 0 Å². The van der Waals surface area contributed by atoms with E-state index < -0.39 is 9.84 Å². The Balaban J connectivity index is 2.81. The predicted octanol–water partition coefficient (Wildman–Crippen LogP) is -1.00. The molecule has 0 radical (unpaired) electrons. The van der Waals surface area contributed by atoms with E-state index in [1.165, 1.54) is 10.9 Å². The van der Waals surface area contributed by atoms with E-state index >= 15 is 0 Å². The van der Waals surface area contributed by atoms with Crippen LogP contribution in [0.4, 0.5) is 0 Å². The summed E-state index contributed by atoms with van der Waals surface area (Å²) in [6, 6.07) is -0.252. The molecule has 0 spiro atoms. The third kappa shape index (κ3) is 3.56. The van der Waals surface area contributed by atoms with Crippen LogP contribution in [-0.4, -0.2) is 47.7 Å². The Labute approximate surface area is 88.8 Å². The molecule has 86 valence electrons. The zero-order valence-electron chi connectivity index (χ0n) is 9.01. The van der Waals surface area contributed by atoms with Gasteiger partial charge in [0.25, 0.3) is 0 Å². The Hall–Kier alpha value is -1.02. The first kappa shape index (κ1) is 12.1. The van der Waals surface area contributed by atoms with Crippen LogP contribution in [0, 0.1) is 0 Å². The highest BCUT2D eigenvalue weighted by atomic mass is 32.2. The van der Waals surface area contributed by atoms with Gasteiger partial charge in [0.1, 0.15) is 9.84 Å². The Kier molecular flexibility index (Phi) is 3.75. The molecule has 1 atom stereocenters. The van der Waals surface area contributed by atoms with Crippen molar-refractivity contribution in [3.63, 3.8) is 0 Å². The molecule has 0 amide bonds. The van der Waals surface area contributed by atoms with Crippen molar-refractivity contribution in [2.75, 3.05) is 19.1 Å². The van der Waals surface area contributed by atoms with E-state index in [0.717, 1.165) is 0 Å². The molecular formula is C7H15N5O2S. The predicted molar refractivity (Wildman–Crippen MR) is 55.0 cm³/mol. The summed E-state index contributed by atoms with van der Waals surface area (Å²) in [5.74, 6) is 0.669. The molecular weight excluding hydrogens is 218 g/mol. The maximum absolute atomic E-state index is 11.1. The highest BCUT2D eigenvalue weighted by Gasteiger charge is 2.16. The molecule has 15 heavy (non-hydrogen) atoms. The van der Waals surface area contributed by atoms with Crippen LogP contribution in [0.5, 0.6) is 0 Å². The number of aromatic nitrogens is 4. The van der Waals surface area contributed by atoms with Gasteiger partial charge in [-0.1, -0.05) is 0 Å². The minimum Gasteiger partial charge on any atom is -0.313 e. The molecule has 1 aromatic rings. The fourth-order valence-corrected chi connectivity index (χ4v) is 2.36. The van der Waals surface area contributed by atoms with Crippen LogP contribution < -0.4 is 5.32 Å². The molecule has 0 aliphatic rings. The molecule has 1 rings (SSSR count). The summed E-state index contributed by atoms with van der Waals surface area (Å²) in [4.78, 5) is 0. The van der Waals surface area contributed by atoms with Crippen molar-refractivity contribution < 1.29 is 8.42 Å². The first-order chi connectivity index (χ1) is 6.94. The van der Waals surface area contributed by atoms with E-state index in [4.69, 9.17) is 0 Å². The number of nitrogens with zero attached hydrogens (tertiary/aromatic N) is 4. The van der Waals surface area contributed by atoms with Crippen LogP contribution in [0.1, 0.15) is 18.8 Å². The summed E-state index contributed by atoms with van der Waals surface area (Å²) >= 11 is 0. The molecule has 0 aliphatic heterocycles. The van der Waals surface area contributed by atoms with E-state index in [2.05, 4.69) is 20.8 Å². The van der Waals surface area contributed by atoms with Crippen molar-refractivity contribution in [3.05, 3.63) is 5.82 Å². The van der Waals surface area contributed by atoms with Gasteiger partial charge >= 0.3 is 0 Å². The maximum Gasteiger partial charge on any atom is 0.165 e. The first-order valence-electron chi connectivity index (χ1n) is 4.53. The largest absolute Gasteiger partial charge is 0.313 e. The molecule has 0 saturated heterocycles. The summed E-state index contributed by atoms with van der Waals surface area (Å²) in [5.41, 5.74) is 0. The zero-order valence-corrected chi connectivity index (χ0v) is 9.82. The molecule has 0 aromatic carbocycles. The third-order valence-corrected chi connectivity index (χ3v) is 2.95. The van der Waals surface area contributed by atoms with Gasteiger partial charge in [0.05, 0.1) is 18.3 Å². The van der Waals surface area contributed by atoms with E-state index in [0.29, 0.717) is 12.4 Å². The molecule has 0 saturated carbocycles. The number of nitrogens with one attached hydrogen (secondary N) is 1. The number of rotatable bonds is 5. The fourth-order valence-electron chi connectivity index (χ4n) is 1.34. The van der Waals surface area contributed by atoms with Gasteiger partial charge in [0, 0.05) is 6.26 Å². The standard InChI is InChI=1S/C7H15N5O2S/c1-6(5-15(3,13)14)12-7(4-8-2)9-10-11-12/h6,8H,4-5H2,1-3H3. The molecule has 0 bridgehead atoms. The molecule has 7 nitrogen and oxygen atoms in total. The van der Waals surface area contributed by atoms with Gasteiger partial charge in [-0.05, 0) is 24.4 Å². The molecule has 0 aliphatic carbocycles. The topological polar surface area (TPSA) is 89.8 Å². The molecule has 0 fully saturated rings. The lowest BCUT2D eigenvalue weighted by Crippen LogP contribution is -2.21. The average Bonchev–Trinajstić information content (AvgIpc) is 2.49. The van der Waals surface area contributed by atoms with Crippen molar-refractivity contribution in [3.8, 4) is 0 Å². The highest BCUT2D eigenvalue weighted by Crippen LogP contribution is 2.08. The van der Waals surface area contributed by atoms with Crippen molar-refractivity contribution in [2.45, 2.75) is 19.5 Å². The summed E-state index contributed by atoms with van der Waals surface area (Å²) in [6.45, 7) is 2.29. The molecule has 1 heterocycles. The summed E-state index contributed by atoms with van der Waals surface area (Å²) < 4.78 is 23.7. The zero-order chi connectivity index (χ0) is 11.5. The van der Waals surface area contributed by atoms with E-state index in [1.807, 2.05) is 0 Å². The summed E-state index contributed by atoms with van der Waals surface area (Å²) in [5, 5.41) is 14.0. The summed E-state index contributed by atoms with van der Waals surface area (Å²) in [6.07, 6.45) is 1.20. The lowest BCUT2D eigenvalue weighted by Gasteiger charge is -2.11. The molecule has 1 unspecified atom stereocenters. The lowest BCUT2D eigenvalue weighted by atomic mass is 10.4. The Morgan fingerprint density at radius 1 is 1.53 bits per heavy atom. The van der Waals surface area contributed by atoms with Crippen LogP contribution in [0.3, 0.4) is 0 Å². The number of sulfone groups is 1. The number of tetrazole rings is 1. The first-order valence-corrected chi connectivity index (χ1v) is 6.59. The van der Waals surface area contributed by atoms with Gasteiger partial charge in [-0.15, -0.1) is 5.10 Å². The van der Waals surface area contributed by atoms with Gasteiger partial charge in [-0.25, -0.2) is 13.1 Å². The lowest BCUT2D eigenvalue weighted by molar-refractivity contribution is 0.482. The minimum absolute atomic E-state index is 0.0365. The van der Waals surface area contributed by atoms with Gasteiger partial charge < -0.3 is 5.32 Å². The Morgan fingerprint density at radius 2 is 2.20 bits per heavy atom. The second-order valence-electron chi connectivity index (χ2n) is 3.51. The SMILES string of the molecule is CNCc1nnnn1C(C)CS(C)(=O)=O. The van der Waals surface area contributed by atoms with Crippen molar-refractivity contribution in [1.82, 2.24) is 25.5 Å². The Bertz CT molecular complexity index is 413. The van der Waals surface area contributed by atoms with E-state index in [1.54, 1.807) is 14.0 Å². The molecule has 1 N–H and O–H groups in total. The minimum atomic E-state index is -3.02. The number of hydrogen-bond donors (Lipinski definition) is 1. The second kappa shape index (κ2) is 4.67. The maximum atomic E-state index is 11.1. The highest BCUT2D eigenvalue weighted by molar-refractivity contribution is 7.90. The van der Waals surface area contributed by atoms with Crippen LogP contribution in [-0.2, 0) is 16.4 Å². The normalized spacial score (nSPS) is 14.1. The van der Waals surface area contributed by atoms with Gasteiger partial charge in [-0.3, -0.25) is 0 Å². The molecule has 1 aromatic heterocycles. The van der Waals surface area contributed by atoms with Crippen LogP contribution in [0.15, 0.2) is 0 Å². The van der Waals surface area contributed by atoms with Crippen molar-refractivity contribution >= 4 is 9.84 Å². The van der Waals surface area contributed by atoms with Crippen molar-refractivity contribution in [2.24, 2.45) is 0 Å². The van der Waals surface area contributed by atoms with Gasteiger partial charge in [-0.2, -0.15) is 0 Å². The summed E-state index contributed by atoms with van der Waals surface area (Å²) in [7, 11) is -1.24. The fraction of sp³-hybridized carbons (Fsp3) is 0.857. The van der Waals surface area contributed by atoms with E-state index in [-0.39, 0.29) is 11.8 Å². The average molecular weight is 233 g/mol. The van der Waals surface area contributed by atoms with Crippen LogP contribution in [0.25, 0.3) is 0 Å². The Morgan fingerprint density at radius 3 is 2.73 bits per heavy atom. The molecule has 8 heteroatoms. The van der Waals surface area contributed by atoms with Crippen LogP contribution >= 0.6 is 0 Å². The van der Waals surface area contributed by atoms with Gasteiger partial charge in [0.2, 0.25) is 0 Å². The monoisotopic (exact) mass is 233 g/mol. The quantitative estimate of drug-likeness (QED) is 0.701.